The van der Waals surface area contributed by atoms with E-state index in [0.717, 1.165) is 12.8 Å². The van der Waals surface area contributed by atoms with E-state index in [1.165, 1.54) is 111 Å². The molecule has 0 radical (unpaired) electrons. The van der Waals surface area contributed by atoms with Crippen LogP contribution in [-0.4, -0.2) is 0 Å². The van der Waals surface area contributed by atoms with Gasteiger partial charge in [0, 0.05) is 0 Å². The van der Waals surface area contributed by atoms with Gasteiger partial charge in [-0.3, -0.25) is 0 Å². The minimum Gasteiger partial charge on any atom is -0.0622 e. The molecule has 2 atom stereocenters. The Balaban J connectivity index is 1.05. The minimum absolute atomic E-state index is 0.372. The highest BCUT2D eigenvalue weighted by Gasteiger charge is 2.46. The van der Waals surface area contributed by atoms with Crippen molar-refractivity contribution in [1.82, 2.24) is 0 Å². The first-order chi connectivity index (χ1) is 32.7. The summed E-state index contributed by atoms with van der Waals surface area (Å²) in [6, 6.07) is 95.7. The predicted molar refractivity (Wildman–Crippen MR) is 276 cm³/mol. The second-order valence-electron chi connectivity index (χ2n) is 18.3. The van der Waals surface area contributed by atoms with Crippen LogP contribution in [0.5, 0.6) is 0 Å². The maximum Gasteiger partial charge on any atom is 0.0504 e. The van der Waals surface area contributed by atoms with Crippen LogP contribution in [-0.2, 0) is 23.7 Å². The van der Waals surface area contributed by atoms with E-state index < -0.39 is 0 Å². The summed E-state index contributed by atoms with van der Waals surface area (Å²) in [6.07, 6.45) is 1.73. The van der Waals surface area contributed by atoms with Crippen LogP contribution in [0.1, 0.15) is 44.5 Å². The fraction of sp³-hybridized carbons (Fsp3) is 0.0606. The van der Waals surface area contributed by atoms with E-state index in [2.05, 4.69) is 255 Å². The van der Waals surface area contributed by atoms with Gasteiger partial charge in [-0.2, -0.15) is 0 Å². The lowest BCUT2D eigenvalue weighted by atomic mass is 9.68. The molecule has 310 valence electrons. The molecule has 0 fully saturated rings. The van der Waals surface area contributed by atoms with Gasteiger partial charge in [0.1, 0.15) is 0 Å². The van der Waals surface area contributed by atoms with Crippen molar-refractivity contribution in [1.29, 1.82) is 0 Å². The summed E-state index contributed by atoms with van der Waals surface area (Å²) in [5, 5.41) is 5.05. The van der Waals surface area contributed by atoms with Crippen molar-refractivity contribution >= 4 is 21.5 Å². The Bertz CT molecular complexity index is 3330. The number of rotatable bonds is 8. The van der Waals surface area contributed by atoms with Crippen LogP contribution in [0.2, 0.25) is 0 Å². The number of hydrogen-bond acceptors (Lipinski definition) is 0. The van der Waals surface area contributed by atoms with Crippen molar-refractivity contribution in [3.8, 4) is 44.5 Å². The molecule has 0 heterocycles. The van der Waals surface area contributed by atoms with Crippen LogP contribution in [0.3, 0.4) is 0 Å². The van der Waals surface area contributed by atoms with E-state index in [-0.39, 0.29) is 10.8 Å². The summed E-state index contributed by atoms with van der Waals surface area (Å²) in [5.74, 6) is 0. The third-order valence-electron chi connectivity index (χ3n) is 15.0. The van der Waals surface area contributed by atoms with E-state index in [1.807, 2.05) is 0 Å². The highest BCUT2D eigenvalue weighted by molar-refractivity contribution is 6.21. The minimum atomic E-state index is -0.372. The maximum absolute atomic E-state index is 2.55. The van der Waals surface area contributed by atoms with Gasteiger partial charge in [-0.05, 0) is 136 Å². The van der Waals surface area contributed by atoms with E-state index in [0.29, 0.717) is 0 Å². The molecular formula is C66H46. The Labute approximate surface area is 387 Å². The summed E-state index contributed by atoms with van der Waals surface area (Å²) in [6.45, 7) is 0. The Hall–Kier alpha value is -8.06. The van der Waals surface area contributed by atoms with Crippen molar-refractivity contribution in [3.05, 3.63) is 299 Å². The van der Waals surface area contributed by atoms with Gasteiger partial charge in [0.15, 0.2) is 0 Å². The van der Waals surface area contributed by atoms with Gasteiger partial charge in [-0.25, -0.2) is 0 Å². The lowest BCUT2D eigenvalue weighted by Gasteiger charge is -2.34. The molecule has 11 aromatic rings. The highest BCUT2D eigenvalue weighted by Crippen LogP contribution is 2.58. The zero-order chi connectivity index (χ0) is 43.7. The molecular weight excluding hydrogens is 793 g/mol. The molecule has 0 N–H and O–H groups in total. The van der Waals surface area contributed by atoms with Crippen LogP contribution in [0, 0.1) is 0 Å². The number of hydrogen-bond donors (Lipinski definition) is 0. The number of benzene rings is 11. The van der Waals surface area contributed by atoms with Crippen LogP contribution in [0.15, 0.2) is 255 Å². The molecule has 13 rings (SSSR count). The fourth-order valence-corrected chi connectivity index (χ4v) is 12.3. The van der Waals surface area contributed by atoms with Crippen molar-refractivity contribution in [2.75, 3.05) is 0 Å². The Morgan fingerprint density at radius 1 is 0.242 bits per heavy atom. The van der Waals surface area contributed by atoms with E-state index >= 15 is 0 Å². The first kappa shape index (κ1) is 38.4. The quantitative estimate of drug-likeness (QED) is 0.134. The molecule has 0 spiro atoms. The van der Waals surface area contributed by atoms with Crippen LogP contribution in [0.25, 0.3) is 66.1 Å². The summed E-state index contributed by atoms with van der Waals surface area (Å²) in [4.78, 5) is 0. The standard InChI is InChI=1S/C66H46/c1-5-21-45(22-6-1)43-65(49-25-9-3-10-26-49)59-35-19-17-29-51(59)53-39-37-47(41-61(53)65)63-55-31-13-15-33-57(55)64(58-34-16-14-32-56(58)63)48-38-40-54-52-30-18-20-36-60(52)66(62(54)42-48,50-27-11-4-12-28-50)44-46-23-7-2-8-24-46/h1-42H,43-44H2. The van der Waals surface area contributed by atoms with E-state index in [1.54, 1.807) is 0 Å². The molecule has 0 aromatic heterocycles. The fourth-order valence-electron chi connectivity index (χ4n) is 12.3. The molecule has 0 aliphatic heterocycles. The largest absolute Gasteiger partial charge is 0.0622 e. The molecule has 0 amide bonds. The summed E-state index contributed by atoms with van der Waals surface area (Å²) in [5.41, 5.74) is 20.3. The first-order valence-electron chi connectivity index (χ1n) is 23.3. The van der Waals surface area contributed by atoms with E-state index in [9.17, 15) is 0 Å². The lowest BCUT2D eigenvalue weighted by Crippen LogP contribution is -2.30. The smallest absolute Gasteiger partial charge is 0.0504 e. The maximum atomic E-state index is 2.55. The normalized spacial score (nSPS) is 16.7. The van der Waals surface area contributed by atoms with Crippen LogP contribution in [0.4, 0.5) is 0 Å². The van der Waals surface area contributed by atoms with E-state index in [4.69, 9.17) is 0 Å². The van der Waals surface area contributed by atoms with Gasteiger partial charge < -0.3 is 0 Å². The van der Waals surface area contributed by atoms with Gasteiger partial charge in [0.25, 0.3) is 0 Å². The Kier molecular flexibility index (Phi) is 8.90. The lowest BCUT2D eigenvalue weighted by molar-refractivity contribution is 0.630. The van der Waals surface area contributed by atoms with Crippen LogP contribution < -0.4 is 0 Å². The van der Waals surface area contributed by atoms with Gasteiger partial charge in [0.05, 0.1) is 10.8 Å². The Morgan fingerprint density at radius 3 is 0.924 bits per heavy atom. The molecule has 11 aromatic carbocycles. The Morgan fingerprint density at radius 2 is 0.545 bits per heavy atom. The van der Waals surface area contributed by atoms with Gasteiger partial charge >= 0.3 is 0 Å². The van der Waals surface area contributed by atoms with Gasteiger partial charge in [0.2, 0.25) is 0 Å². The van der Waals surface area contributed by atoms with Crippen molar-refractivity contribution in [3.63, 3.8) is 0 Å². The van der Waals surface area contributed by atoms with Gasteiger partial charge in [-0.1, -0.05) is 243 Å². The third-order valence-corrected chi connectivity index (χ3v) is 15.0. The first-order valence-corrected chi connectivity index (χ1v) is 23.3. The summed E-state index contributed by atoms with van der Waals surface area (Å²) in [7, 11) is 0. The highest BCUT2D eigenvalue weighted by atomic mass is 14.5. The molecule has 0 nitrogen and oxygen atoms in total. The monoisotopic (exact) mass is 838 g/mol. The molecule has 66 heavy (non-hydrogen) atoms. The van der Waals surface area contributed by atoms with Crippen LogP contribution >= 0.6 is 0 Å². The molecule has 0 heteroatoms. The van der Waals surface area contributed by atoms with Crippen molar-refractivity contribution < 1.29 is 0 Å². The topological polar surface area (TPSA) is 0 Å². The summed E-state index contributed by atoms with van der Waals surface area (Å²) >= 11 is 0. The third kappa shape index (κ3) is 5.71. The summed E-state index contributed by atoms with van der Waals surface area (Å²) < 4.78 is 0. The zero-order valence-electron chi connectivity index (χ0n) is 36.7. The van der Waals surface area contributed by atoms with Crippen molar-refractivity contribution in [2.45, 2.75) is 23.7 Å². The SMILES string of the molecule is c1ccc(CC2(c3ccccc3)c3ccccc3-c3ccc(-c4c5ccccc5c(-c5ccc6c(c5)C(Cc5ccccc5)(c5ccccc5)c5ccccc5-6)c5ccccc45)cc32)cc1. The molecule has 2 aliphatic carbocycles. The second-order valence-corrected chi connectivity index (χ2v) is 18.3. The van der Waals surface area contributed by atoms with Crippen molar-refractivity contribution in [2.24, 2.45) is 0 Å². The molecule has 0 saturated carbocycles. The second kappa shape index (κ2) is 15.3. The average Bonchev–Trinajstić information content (AvgIpc) is 3.83. The molecule has 0 saturated heterocycles. The predicted octanol–water partition coefficient (Wildman–Crippen LogP) is 16.4. The average molecular weight is 839 g/mol. The molecule has 2 aliphatic rings. The molecule has 2 unspecified atom stereocenters. The number of fused-ring (bicyclic) bond motifs is 8. The zero-order valence-corrected chi connectivity index (χ0v) is 36.7. The molecule has 0 bridgehead atoms. The van der Waals surface area contributed by atoms with Gasteiger partial charge in [-0.15, -0.1) is 0 Å².